The van der Waals surface area contributed by atoms with Gasteiger partial charge in [-0.15, -0.1) is 0 Å². The SMILES string of the molecule is Cc1ccc(CNc2ccc(NC(=O)c3ccc(Br)cc3)cn2)cc1. The van der Waals surface area contributed by atoms with E-state index in [1.165, 1.54) is 11.1 Å². The van der Waals surface area contributed by atoms with Gasteiger partial charge in [-0.05, 0) is 48.9 Å². The molecule has 0 unspecified atom stereocenters. The number of aryl methyl sites for hydroxylation is 1. The van der Waals surface area contributed by atoms with E-state index >= 15 is 0 Å². The van der Waals surface area contributed by atoms with Crippen LogP contribution in [0.2, 0.25) is 0 Å². The number of nitrogens with zero attached hydrogens (tertiary/aromatic N) is 1. The third kappa shape index (κ3) is 4.90. The van der Waals surface area contributed by atoms with Crippen LogP contribution in [0.15, 0.2) is 71.3 Å². The second kappa shape index (κ2) is 7.94. The van der Waals surface area contributed by atoms with Gasteiger partial charge >= 0.3 is 0 Å². The van der Waals surface area contributed by atoms with Crippen molar-refractivity contribution in [3.63, 3.8) is 0 Å². The third-order valence-corrected chi connectivity index (χ3v) is 4.25. The molecule has 0 saturated carbocycles. The highest BCUT2D eigenvalue weighted by molar-refractivity contribution is 9.10. The van der Waals surface area contributed by atoms with Crippen molar-refractivity contribution in [2.75, 3.05) is 10.6 Å². The van der Waals surface area contributed by atoms with Crippen LogP contribution in [0.4, 0.5) is 11.5 Å². The molecular formula is C20H18BrN3O. The van der Waals surface area contributed by atoms with E-state index in [9.17, 15) is 4.79 Å². The van der Waals surface area contributed by atoms with Crippen molar-refractivity contribution < 1.29 is 4.79 Å². The lowest BCUT2D eigenvalue weighted by atomic mass is 10.1. The molecule has 0 aliphatic rings. The Morgan fingerprint density at radius 1 is 1.00 bits per heavy atom. The van der Waals surface area contributed by atoms with Crippen LogP contribution in [0.3, 0.4) is 0 Å². The summed E-state index contributed by atoms with van der Waals surface area (Å²) >= 11 is 3.36. The molecule has 3 aromatic rings. The first-order chi connectivity index (χ1) is 12.1. The summed E-state index contributed by atoms with van der Waals surface area (Å²) in [5, 5.41) is 6.11. The molecule has 0 fully saturated rings. The van der Waals surface area contributed by atoms with Gasteiger partial charge < -0.3 is 10.6 Å². The zero-order valence-electron chi connectivity index (χ0n) is 13.8. The van der Waals surface area contributed by atoms with Gasteiger partial charge in [-0.2, -0.15) is 0 Å². The number of pyridine rings is 1. The maximum absolute atomic E-state index is 12.2. The molecule has 0 atom stereocenters. The van der Waals surface area contributed by atoms with Crippen LogP contribution in [0.5, 0.6) is 0 Å². The standard InChI is InChI=1S/C20H18BrN3O/c1-14-2-4-15(5-3-14)12-22-19-11-10-18(13-23-19)24-20(25)16-6-8-17(21)9-7-16/h2-11,13H,12H2,1H3,(H,22,23)(H,24,25). The number of rotatable bonds is 5. The molecule has 3 rings (SSSR count). The summed E-state index contributed by atoms with van der Waals surface area (Å²) in [6, 6.07) is 19.3. The van der Waals surface area contributed by atoms with Gasteiger partial charge in [-0.3, -0.25) is 4.79 Å². The second-order valence-electron chi connectivity index (χ2n) is 5.73. The van der Waals surface area contributed by atoms with E-state index in [2.05, 4.69) is 62.7 Å². The van der Waals surface area contributed by atoms with Crippen molar-refractivity contribution in [3.05, 3.63) is 88.0 Å². The molecule has 0 spiro atoms. The number of hydrogen-bond donors (Lipinski definition) is 2. The predicted molar refractivity (Wildman–Crippen MR) is 105 cm³/mol. The Kier molecular flexibility index (Phi) is 5.46. The van der Waals surface area contributed by atoms with Crippen molar-refractivity contribution >= 4 is 33.3 Å². The molecule has 0 aliphatic heterocycles. The highest BCUT2D eigenvalue weighted by Crippen LogP contribution is 2.14. The van der Waals surface area contributed by atoms with E-state index in [1.807, 2.05) is 24.3 Å². The average Bonchev–Trinajstić information content (AvgIpc) is 2.63. The average molecular weight is 396 g/mol. The van der Waals surface area contributed by atoms with Crippen molar-refractivity contribution in [1.29, 1.82) is 0 Å². The molecule has 2 aromatic carbocycles. The Balaban J connectivity index is 1.57. The first kappa shape index (κ1) is 17.2. The minimum Gasteiger partial charge on any atom is -0.366 e. The second-order valence-corrected chi connectivity index (χ2v) is 6.65. The van der Waals surface area contributed by atoms with E-state index < -0.39 is 0 Å². The fourth-order valence-electron chi connectivity index (χ4n) is 2.28. The van der Waals surface area contributed by atoms with E-state index in [0.717, 1.165) is 10.3 Å². The summed E-state index contributed by atoms with van der Waals surface area (Å²) in [5.41, 5.74) is 3.70. The summed E-state index contributed by atoms with van der Waals surface area (Å²) in [4.78, 5) is 16.5. The number of benzene rings is 2. The molecule has 0 radical (unpaired) electrons. The molecule has 0 saturated heterocycles. The molecule has 1 heterocycles. The summed E-state index contributed by atoms with van der Waals surface area (Å²) in [7, 11) is 0. The highest BCUT2D eigenvalue weighted by Gasteiger charge is 2.06. The molecular weight excluding hydrogens is 378 g/mol. The smallest absolute Gasteiger partial charge is 0.255 e. The molecule has 1 aromatic heterocycles. The van der Waals surface area contributed by atoms with E-state index in [1.54, 1.807) is 18.3 Å². The number of hydrogen-bond acceptors (Lipinski definition) is 3. The molecule has 0 aliphatic carbocycles. The zero-order chi connectivity index (χ0) is 17.6. The fourth-order valence-corrected chi connectivity index (χ4v) is 2.54. The van der Waals surface area contributed by atoms with E-state index in [-0.39, 0.29) is 5.91 Å². The van der Waals surface area contributed by atoms with E-state index in [4.69, 9.17) is 0 Å². The molecule has 4 nitrogen and oxygen atoms in total. The van der Waals surface area contributed by atoms with Crippen LogP contribution in [-0.4, -0.2) is 10.9 Å². The van der Waals surface area contributed by atoms with Crippen LogP contribution in [0.25, 0.3) is 0 Å². The minimum absolute atomic E-state index is 0.158. The maximum Gasteiger partial charge on any atom is 0.255 e. The number of carbonyl (C=O) groups is 1. The van der Waals surface area contributed by atoms with E-state index in [0.29, 0.717) is 17.8 Å². The van der Waals surface area contributed by atoms with Crippen molar-refractivity contribution in [2.45, 2.75) is 13.5 Å². The van der Waals surface area contributed by atoms with Gasteiger partial charge in [0.2, 0.25) is 0 Å². The normalized spacial score (nSPS) is 10.3. The van der Waals surface area contributed by atoms with Crippen molar-refractivity contribution in [3.8, 4) is 0 Å². The Bertz CT molecular complexity index is 844. The Morgan fingerprint density at radius 3 is 2.36 bits per heavy atom. The monoisotopic (exact) mass is 395 g/mol. The third-order valence-electron chi connectivity index (χ3n) is 3.72. The summed E-state index contributed by atoms with van der Waals surface area (Å²) < 4.78 is 0.940. The number of aromatic nitrogens is 1. The predicted octanol–water partition coefficient (Wildman–Crippen LogP) is 5.02. The topological polar surface area (TPSA) is 54.0 Å². The first-order valence-electron chi connectivity index (χ1n) is 7.92. The first-order valence-corrected chi connectivity index (χ1v) is 8.72. The quantitative estimate of drug-likeness (QED) is 0.637. The summed E-state index contributed by atoms with van der Waals surface area (Å²) in [5.74, 6) is 0.608. The van der Waals surface area contributed by atoms with Gasteiger partial charge in [-0.25, -0.2) is 4.98 Å². The van der Waals surface area contributed by atoms with Gasteiger partial charge in [0, 0.05) is 16.6 Å². The highest BCUT2D eigenvalue weighted by atomic mass is 79.9. The molecule has 25 heavy (non-hydrogen) atoms. The van der Waals surface area contributed by atoms with Crippen LogP contribution in [0, 0.1) is 6.92 Å². The summed E-state index contributed by atoms with van der Waals surface area (Å²) in [6.07, 6.45) is 1.65. The number of carbonyl (C=O) groups excluding carboxylic acids is 1. The largest absolute Gasteiger partial charge is 0.366 e. The maximum atomic E-state index is 12.2. The van der Waals surface area contributed by atoms with Gasteiger partial charge in [0.15, 0.2) is 0 Å². The number of nitrogens with one attached hydrogen (secondary N) is 2. The number of amides is 1. The molecule has 5 heteroatoms. The minimum atomic E-state index is -0.158. The molecule has 2 N–H and O–H groups in total. The van der Waals surface area contributed by atoms with Crippen LogP contribution in [0.1, 0.15) is 21.5 Å². The number of halogens is 1. The zero-order valence-corrected chi connectivity index (χ0v) is 15.4. The Morgan fingerprint density at radius 2 is 1.72 bits per heavy atom. The van der Waals surface area contributed by atoms with Gasteiger partial charge in [0.25, 0.3) is 5.91 Å². The van der Waals surface area contributed by atoms with Gasteiger partial charge in [0.1, 0.15) is 5.82 Å². The Labute approximate surface area is 155 Å². The molecule has 0 bridgehead atoms. The lowest BCUT2D eigenvalue weighted by molar-refractivity contribution is 0.102. The van der Waals surface area contributed by atoms with Gasteiger partial charge in [0.05, 0.1) is 11.9 Å². The van der Waals surface area contributed by atoms with Gasteiger partial charge in [-0.1, -0.05) is 45.8 Å². The Hall–Kier alpha value is -2.66. The lowest BCUT2D eigenvalue weighted by Crippen LogP contribution is -2.12. The van der Waals surface area contributed by atoms with Crippen LogP contribution in [-0.2, 0) is 6.54 Å². The van der Waals surface area contributed by atoms with Crippen LogP contribution >= 0.6 is 15.9 Å². The number of anilines is 2. The van der Waals surface area contributed by atoms with Crippen molar-refractivity contribution in [2.24, 2.45) is 0 Å². The van der Waals surface area contributed by atoms with Crippen molar-refractivity contribution in [1.82, 2.24) is 4.98 Å². The summed E-state index contributed by atoms with van der Waals surface area (Å²) in [6.45, 7) is 2.78. The molecule has 126 valence electrons. The lowest BCUT2D eigenvalue weighted by Gasteiger charge is -2.08. The van der Waals surface area contributed by atoms with Crippen LogP contribution < -0.4 is 10.6 Å². The fraction of sp³-hybridized carbons (Fsp3) is 0.100. The molecule has 1 amide bonds.